The molecule has 29 heavy (non-hydrogen) atoms. The van der Waals surface area contributed by atoms with Crippen molar-refractivity contribution < 1.29 is 9.53 Å². The second-order valence-corrected chi connectivity index (χ2v) is 8.88. The van der Waals surface area contributed by atoms with Crippen LogP contribution in [0.3, 0.4) is 0 Å². The maximum absolute atomic E-state index is 13.4. The van der Waals surface area contributed by atoms with E-state index in [1.807, 2.05) is 47.4 Å². The maximum Gasteiger partial charge on any atom is 0.261 e. The van der Waals surface area contributed by atoms with E-state index >= 15 is 0 Å². The number of thiazole rings is 1. The van der Waals surface area contributed by atoms with Crippen molar-refractivity contribution in [2.24, 2.45) is 0 Å². The number of anilines is 1. The zero-order valence-electron chi connectivity index (χ0n) is 15.9. The molecule has 0 radical (unpaired) electrons. The van der Waals surface area contributed by atoms with E-state index in [0.717, 1.165) is 63.8 Å². The van der Waals surface area contributed by atoms with Crippen LogP contribution in [0.4, 0.5) is 5.13 Å². The summed E-state index contributed by atoms with van der Waals surface area (Å²) in [6.07, 6.45) is 0.908. The van der Waals surface area contributed by atoms with E-state index in [2.05, 4.69) is 33.6 Å². The van der Waals surface area contributed by atoms with Crippen molar-refractivity contribution in [3.8, 4) is 0 Å². The third-order valence-corrected chi connectivity index (χ3v) is 6.82. The molecule has 1 aliphatic heterocycles. The quantitative estimate of drug-likeness (QED) is 0.423. The minimum atomic E-state index is 0. The molecule has 1 aromatic heterocycles. The van der Waals surface area contributed by atoms with Gasteiger partial charge in [0.2, 0.25) is 0 Å². The normalized spacial score (nSPS) is 14.5. The molecule has 0 spiro atoms. The lowest BCUT2D eigenvalue weighted by molar-refractivity contribution is 0.0376. The fourth-order valence-electron chi connectivity index (χ4n) is 3.32. The van der Waals surface area contributed by atoms with Crippen molar-refractivity contribution in [2.75, 3.05) is 44.3 Å². The number of halogens is 2. The van der Waals surface area contributed by atoms with E-state index in [1.54, 1.807) is 11.3 Å². The van der Waals surface area contributed by atoms with Crippen LogP contribution in [0.2, 0.25) is 0 Å². The summed E-state index contributed by atoms with van der Waals surface area (Å²) in [7, 11) is 0. The first-order chi connectivity index (χ1) is 13.7. The first-order valence-electron chi connectivity index (χ1n) is 9.44. The molecule has 154 valence electrons. The minimum Gasteiger partial charge on any atom is -0.379 e. The Kier molecular flexibility index (Phi) is 8.25. The van der Waals surface area contributed by atoms with Gasteiger partial charge in [-0.2, -0.15) is 0 Å². The molecule has 0 saturated carbocycles. The van der Waals surface area contributed by atoms with Gasteiger partial charge < -0.3 is 4.74 Å². The number of carbonyl (C=O) groups excluding carboxylic acids is 1. The average molecular weight is 544 g/mol. The van der Waals surface area contributed by atoms with Gasteiger partial charge in [0.15, 0.2) is 5.13 Å². The number of rotatable bonds is 6. The minimum absolute atomic E-state index is 0. The highest BCUT2D eigenvalue weighted by Gasteiger charge is 2.23. The lowest BCUT2D eigenvalue weighted by Crippen LogP contribution is -2.39. The van der Waals surface area contributed by atoms with Crippen LogP contribution in [0.5, 0.6) is 0 Å². The molecule has 4 rings (SSSR count). The van der Waals surface area contributed by atoms with Crippen molar-refractivity contribution in [1.82, 2.24) is 9.88 Å². The summed E-state index contributed by atoms with van der Waals surface area (Å²) in [5.41, 5.74) is 1.67. The van der Waals surface area contributed by atoms with Crippen LogP contribution < -0.4 is 4.90 Å². The number of para-hydroxylation sites is 1. The maximum atomic E-state index is 13.4. The third kappa shape index (κ3) is 5.46. The molecule has 1 amide bonds. The molecule has 0 atom stereocenters. The summed E-state index contributed by atoms with van der Waals surface area (Å²) >= 11 is 3.81. The van der Waals surface area contributed by atoms with E-state index in [9.17, 15) is 4.79 Å². The Bertz CT molecular complexity index is 929. The molecule has 5 nitrogen and oxygen atoms in total. The van der Waals surface area contributed by atoms with Gasteiger partial charge in [0.1, 0.15) is 0 Å². The Hall–Kier alpha value is -1.26. The van der Waals surface area contributed by atoms with Gasteiger partial charge in [0.05, 0.1) is 29.0 Å². The van der Waals surface area contributed by atoms with Crippen LogP contribution in [0.15, 0.2) is 48.5 Å². The Morgan fingerprint density at radius 3 is 2.62 bits per heavy atom. The highest BCUT2D eigenvalue weighted by Crippen LogP contribution is 2.30. The summed E-state index contributed by atoms with van der Waals surface area (Å²) in [4.78, 5) is 22.4. The summed E-state index contributed by atoms with van der Waals surface area (Å²) < 4.78 is 7.49. The fourth-order valence-corrected chi connectivity index (χ4v) is 4.92. The summed E-state index contributed by atoms with van der Waals surface area (Å²) in [6, 6.07) is 15.8. The smallest absolute Gasteiger partial charge is 0.261 e. The summed E-state index contributed by atoms with van der Waals surface area (Å²) in [5.74, 6) is 0.0195. The van der Waals surface area contributed by atoms with E-state index in [1.165, 1.54) is 0 Å². The van der Waals surface area contributed by atoms with E-state index in [-0.39, 0.29) is 18.3 Å². The first-order valence-corrected chi connectivity index (χ1v) is 11.3. The fraction of sp³-hybridized carbons (Fsp3) is 0.333. The third-order valence-electron chi connectivity index (χ3n) is 4.82. The second-order valence-electron chi connectivity index (χ2n) is 6.71. The highest BCUT2D eigenvalue weighted by atomic mass is 127. The zero-order chi connectivity index (χ0) is 19.3. The molecule has 0 bridgehead atoms. The Labute approximate surface area is 194 Å². The van der Waals surface area contributed by atoms with Crippen LogP contribution in [0.1, 0.15) is 16.8 Å². The monoisotopic (exact) mass is 543 g/mol. The van der Waals surface area contributed by atoms with Crippen molar-refractivity contribution in [2.45, 2.75) is 6.42 Å². The first kappa shape index (κ1) is 22.4. The standard InChI is InChI=1S/C21H22IN3O2S.ClH/c22-17-7-2-1-6-16(17)20(26)25(11-5-10-24-12-14-27-15-13-24)21-23-18-8-3-4-9-19(18)28-21;/h1-4,6-9H,5,10-15H2;1H. The van der Waals surface area contributed by atoms with Crippen LogP contribution in [-0.2, 0) is 4.74 Å². The topological polar surface area (TPSA) is 45.7 Å². The average Bonchev–Trinajstić information content (AvgIpc) is 3.16. The van der Waals surface area contributed by atoms with Crippen molar-refractivity contribution in [1.29, 1.82) is 0 Å². The van der Waals surface area contributed by atoms with Crippen molar-refractivity contribution in [3.63, 3.8) is 0 Å². The summed E-state index contributed by atoms with van der Waals surface area (Å²) in [5, 5.41) is 0.771. The molecule has 0 unspecified atom stereocenters. The number of amides is 1. The number of nitrogens with zero attached hydrogens (tertiary/aromatic N) is 3. The van der Waals surface area contributed by atoms with Gasteiger partial charge in [-0.05, 0) is 53.3 Å². The number of hydrogen-bond donors (Lipinski definition) is 0. The highest BCUT2D eigenvalue weighted by molar-refractivity contribution is 14.1. The van der Waals surface area contributed by atoms with Crippen LogP contribution in [-0.4, -0.2) is 55.2 Å². The van der Waals surface area contributed by atoms with Crippen molar-refractivity contribution in [3.05, 3.63) is 57.7 Å². The largest absolute Gasteiger partial charge is 0.379 e. The van der Waals surface area contributed by atoms with Crippen molar-refractivity contribution >= 4 is 67.6 Å². The van der Waals surface area contributed by atoms with Gasteiger partial charge in [-0.25, -0.2) is 4.98 Å². The molecule has 2 heterocycles. The molecule has 3 aromatic rings. The SMILES string of the molecule is Cl.O=C(c1ccccc1I)N(CCCN1CCOCC1)c1nc2ccccc2s1. The molecule has 1 saturated heterocycles. The second kappa shape index (κ2) is 10.7. The predicted octanol–water partition coefficient (Wildman–Crippen LogP) is 4.69. The number of hydrogen-bond acceptors (Lipinski definition) is 5. The molecule has 1 aliphatic rings. The molecule has 0 N–H and O–H groups in total. The zero-order valence-corrected chi connectivity index (χ0v) is 19.7. The predicted molar refractivity (Wildman–Crippen MR) is 130 cm³/mol. The van der Waals surface area contributed by atoms with E-state index in [0.29, 0.717) is 6.54 Å². The molecular formula is C21H23ClIN3O2S. The van der Waals surface area contributed by atoms with Crippen LogP contribution >= 0.6 is 46.3 Å². The van der Waals surface area contributed by atoms with Gasteiger partial charge in [-0.1, -0.05) is 35.6 Å². The number of fused-ring (bicyclic) bond motifs is 1. The molecular weight excluding hydrogens is 521 g/mol. The van der Waals surface area contributed by atoms with Crippen LogP contribution in [0.25, 0.3) is 10.2 Å². The summed E-state index contributed by atoms with van der Waals surface area (Å²) in [6.45, 7) is 5.13. The van der Waals surface area contributed by atoms with Gasteiger partial charge >= 0.3 is 0 Å². The Morgan fingerprint density at radius 1 is 1.14 bits per heavy atom. The van der Waals surface area contributed by atoms with Crippen LogP contribution in [0, 0.1) is 3.57 Å². The van der Waals surface area contributed by atoms with E-state index < -0.39 is 0 Å². The molecule has 8 heteroatoms. The molecule has 1 fully saturated rings. The lowest BCUT2D eigenvalue weighted by atomic mass is 10.2. The lowest BCUT2D eigenvalue weighted by Gasteiger charge is -2.27. The molecule has 0 aliphatic carbocycles. The molecule has 2 aromatic carbocycles. The van der Waals surface area contributed by atoms with Gasteiger partial charge in [0.25, 0.3) is 5.91 Å². The number of ether oxygens (including phenoxy) is 1. The number of benzene rings is 2. The Balaban J connectivity index is 0.00000240. The van der Waals surface area contributed by atoms with Gasteiger partial charge in [-0.15, -0.1) is 12.4 Å². The van der Waals surface area contributed by atoms with Gasteiger partial charge in [-0.3, -0.25) is 14.6 Å². The number of aromatic nitrogens is 1. The van der Waals surface area contributed by atoms with E-state index in [4.69, 9.17) is 9.72 Å². The number of carbonyl (C=O) groups is 1. The Morgan fingerprint density at radius 2 is 1.86 bits per heavy atom. The number of morpholine rings is 1. The van der Waals surface area contributed by atoms with Gasteiger partial charge in [0, 0.05) is 29.7 Å².